The minimum absolute atomic E-state index is 0.0282. The maximum atomic E-state index is 12.2. The van der Waals surface area contributed by atoms with Crippen LogP contribution >= 0.6 is 0 Å². The minimum atomic E-state index is -0.876. The van der Waals surface area contributed by atoms with Crippen molar-refractivity contribution in [1.82, 2.24) is 10.6 Å². The molecule has 224 valence electrons. The zero-order valence-corrected chi connectivity index (χ0v) is 23.3. The molecular formula is C30H40N2O9. The van der Waals surface area contributed by atoms with Crippen LogP contribution < -0.4 is 10.6 Å². The Balaban J connectivity index is 1.09. The monoisotopic (exact) mass is 572 g/mol. The first-order chi connectivity index (χ1) is 20.1. The van der Waals surface area contributed by atoms with Gasteiger partial charge in [0, 0.05) is 31.8 Å². The maximum Gasteiger partial charge on any atom is 0.407 e. The molecule has 0 saturated carbocycles. The van der Waals surface area contributed by atoms with Gasteiger partial charge in [0.1, 0.15) is 6.61 Å². The second-order valence-corrected chi connectivity index (χ2v) is 9.30. The Morgan fingerprint density at radius 2 is 1.20 bits per heavy atom. The van der Waals surface area contributed by atoms with Crippen LogP contribution in [0.15, 0.2) is 48.5 Å². The number of aliphatic carboxylic acids is 1. The summed E-state index contributed by atoms with van der Waals surface area (Å²) < 4.78 is 27.2. The van der Waals surface area contributed by atoms with E-state index in [1.807, 2.05) is 24.3 Å². The van der Waals surface area contributed by atoms with Gasteiger partial charge in [0.2, 0.25) is 5.91 Å². The summed E-state index contributed by atoms with van der Waals surface area (Å²) in [7, 11) is 0. The number of benzene rings is 2. The van der Waals surface area contributed by atoms with Gasteiger partial charge in [0.05, 0.1) is 52.9 Å². The molecule has 1 aliphatic rings. The fourth-order valence-corrected chi connectivity index (χ4v) is 4.36. The molecular weight excluding hydrogens is 532 g/mol. The highest BCUT2D eigenvalue weighted by atomic mass is 16.6. The highest BCUT2D eigenvalue weighted by molar-refractivity contribution is 5.79. The average Bonchev–Trinajstić information content (AvgIpc) is 3.29. The van der Waals surface area contributed by atoms with Gasteiger partial charge in [-0.2, -0.15) is 0 Å². The van der Waals surface area contributed by atoms with Crippen molar-refractivity contribution in [3.63, 3.8) is 0 Å². The molecule has 3 rings (SSSR count). The number of amides is 2. The van der Waals surface area contributed by atoms with Gasteiger partial charge in [-0.3, -0.25) is 9.59 Å². The lowest BCUT2D eigenvalue weighted by Gasteiger charge is -2.14. The fraction of sp³-hybridized carbons (Fsp3) is 0.500. The highest BCUT2D eigenvalue weighted by Gasteiger charge is 2.28. The van der Waals surface area contributed by atoms with Crippen molar-refractivity contribution in [1.29, 1.82) is 0 Å². The molecule has 0 aliphatic heterocycles. The average molecular weight is 573 g/mol. The van der Waals surface area contributed by atoms with Crippen LogP contribution in [-0.2, 0) is 33.3 Å². The Bertz CT molecular complexity index is 1050. The Morgan fingerprint density at radius 1 is 0.659 bits per heavy atom. The molecule has 0 spiro atoms. The molecule has 0 saturated heterocycles. The number of hydrogen-bond acceptors (Lipinski definition) is 8. The van der Waals surface area contributed by atoms with Crippen molar-refractivity contribution in [3.8, 4) is 11.1 Å². The molecule has 41 heavy (non-hydrogen) atoms. The number of alkyl carbamates (subject to hydrolysis) is 1. The third kappa shape index (κ3) is 11.9. The Kier molecular flexibility index (Phi) is 14.7. The van der Waals surface area contributed by atoms with E-state index < -0.39 is 12.1 Å². The molecule has 2 aromatic rings. The molecule has 0 atom stereocenters. The van der Waals surface area contributed by atoms with Crippen LogP contribution in [0.2, 0.25) is 0 Å². The number of carbonyl (C=O) groups is 3. The predicted molar refractivity (Wildman–Crippen MR) is 151 cm³/mol. The van der Waals surface area contributed by atoms with Gasteiger partial charge >= 0.3 is 12.1 Å². The van der Waals surface area contributed by atoms with Gasteiger partial charge in [-0.05, 0) is 28.7 Å². The number of ether oxygens (including phenoxy) is 5. The molecule has 2 amide bonds. The Hall–Kier alpha value is -3.51. The van der Waals surface area contributed by atoms with E-state index in [0.29, 0.717) is 65.8 Å². The van der Waals surface area contributed by atoms with Crippen molar-refractivity contribution in [2.45, 2.75) is 25.2 Å². The normalized spacial score (nSPS) is 12.0. The quantitative estimate of drug-likeness (QED) is 0.193. The maximum absolute atomic E-state index is 12.2. The van der Waals surface area contributed by atoms with E-state index in [-0.39, 0.29) is 37.9 Å². The second-order valence-electron chi connectivity index (χ2n) is 9.30. The van der Waals surface area contributed by atoms with Crippen molar-refractivity contribution in [3.05, 3.63) is 59.7 Å². The molecule has 0 heterocycles. The summed E-state index contributed by atoms with van der Waals surface area (Å²) in [5.74, 6) is -1.01. The standard InChI is InChI=1S/C30H40N2O9/c33-28(31-12-5-10-29(34)35)11-14-37-16-18-39-20-21-40-19-17-38-15-13-32-30(36)41-22-27-25-8-3-1-6-23(25)24-7-2-4-9-26(24)27/h1-4,6-9,27H,5,10-22H2,(H,31,33)(H,32,36)(H,34,35). The number of nitrogens with one attached hydrogen (secondary N) is 2. The third-order valence-electron chi connectivity index (χ3n) is 6.34. The number of hydrogen-bond donors (Lipinski definition) is 3. The summed E-state index contributed by atoms with van der Waals surface area (Å²) >= 11 is 0. The van der Waals surface area contributed by atoms with Crippen LogP contribution in [0.25, 0.3) is 11.1 Å². The predicted octanol–water partition coefficient (Wildman–Crippen LogP) is 2.96. The first kappa shape index (κ1) is 32.0. The summed E-state index contributed by atoms with van der Waals surface area (Å²) in [5.41, 5.74) is 4.73. The molecule has 0 unspecified atom stereocenters. The smallest absolute Gasteiger partial charge is 0.407 e. The summed E-state index contributed by atoms with van der Waals surface area (Å²) in [6.45, 7) is 3.98. The third-order valence-corrected chi connectivity index (χ3v) is 6.34. The Labute approximate surface area is 240 Å². The van der Waals surface area contributed by atoms with Crippen LogP contribution in [0, 0.1) is 0 Å². The van der Waals surface area contributed by atoms with E-state index in [2.05, 4.69) is 34.9 Å². The number of carboxylic acids is 1. The van der Waals surface area contributed by atoms with E-state index in [1.165, 1.54) is 22.3 Å². The number of carboxylic acid groups (broad SMARTS) is 1. The lowest BCUT2D eigenvalue weighted by Crippen LogP contribution is -2.29. The van der Waals surface area contributed by atoms with Crippen molar-refractivity contribution in [2.75, 3.05) is 72.6 Å². The number of carbonyl (C=O) groups excluding carboxylic acids is 2. The number of rotatable bonds is 21. The molecule has 3 N–H and O–H groups in total. The van der Waals surface area contributed by atoms with Crippen LogP contribution in [0.1, 0.15) is 36.3 Å². The van der Waals surface area contributed by atoms with E-state index >= 15 is 0 Å². The molecule has 11 nitrogen and oxygen atoms in total. The van der Waals surface area contributed by atoms with Gasteiger partial charge in [-0.15, -0.1) is 0 Å². The van der Waals surface area contributed by atoms with E-state index in [9.17, 15) is 14.4 Å². The topological polar surface area (TPSA) is 142 Å². The molecule has 0 fully saturated rings. The van der Waals surface area contributed by atoms with Gasteiger partial charge in [0.15, 0.2) is 0 Å². The molecule has 0 bridgehead atoms. The fourth-order valence-electron chi connectivity index (χ4n) is 4.36. The van der Waals surface area contributed by atoms with Crippen LogP contribution in [0.3, 0.4) is 0 Å². The van der Waals surface area contributed by atoms with Crippen molar-refractivity contribution < 1.29 is 43.2 Å². The van der Waals surface area contributed by atoms with Crippen LogP contribution in [-0.4, -0.2) is 95.6 Å². The molecule has 2 aromatic carbocycles. The van der Waals surface area contributed by atoms with Crippen LogP contribution in [0.4, 0.5) is 4.79 Å². The lowest BCUT2D eigenvalue weighted by molar-refractivity contribution is -0.137. The number of fused-ring (bicyclic) bond motifs is 3. The van der Waals surface area contributed by atoms with E-state index in [1.54, 1.807) is 0 Å². The molecule has 0 aromatic heterocycles. The zero-order valence-electron chi connectivity index (χ0n) is 23.3. The molecule has 0 radical (unpaired) electrons. The summed E-state index contributed by atoms with van der Waals surface area (Å²) in [6, 6.07) is 16.4. The SMILES string of the molecule is O=C(O)CCCNC(=O)CCOCCOCCOCCOCCNC(=O)OCC1c2ccccc2-c2ccccc21. The van der Waals surface area contributed by atoms with Gasteiger partial charge in [0.25, 0.3) is 0 Å². The lowest BCUT2D eigenvalue weighted by atomic mass is 9.98. The highest BCUT2D eigenvalue weighted by Crippen LogP contribution is 2.44. The van der Waals surface area contributed by atoms with E-state index in [4.69, 9.17) is 28.8 Å². The second kappa shape index (κ2) is 18.8. The largest absolute Gasteiger partial charge is 0.481 e. The van der Waals surface area contributed by atoms with Crippen molar-refractivity contribution >= 4 is 18.0 Å². The molecule has 1 aliphatic carbocycles. The zero-order chi connectivity index (χ0) is 29.1. The van der Waals surface area contributed by atoms with Gasteiger partial charge < -0.3 is 39.4 Å². The first-order valence-corrected chi connectivity index (χ1v) is 13.9. The van der Waals surface area contributed by atoms with E-state index in [0.717, 1.165) is 0 Å². The van der Waals surface area contributed by atoms with Gasteiger partial charge in [-0.25, -0.2) is 4.79 Å². The summed E-state index contributed by atoms with van der Waals surface area (Å²) in [4.78, 5) is 34.1. The molecule has 11 heteroatoms. The van der Waals surface area contributed by atoms with Crippen LogP contribution in [0.5, 0.6) is 0 Å². The van der Waals surface area contributed by atoms with Gasteiger partial charge in [-0.1, -0.05) is 48.5 Å². The summed E-state index contributed by atoms with van der Waals surface area (Å²) in [6.07, 6.45) is 0.195. The summed E-state index contributed by atoms with van der Waals surface area (Å²) in [5, 5.41) is 13.9. The van der Waals surface area contributed by atoms with Crippen molar-refractivity contribution in [2.24, 2.45) is 0 Å². The minimum Gasteiger partial charge on any atom is -0.481 e. The first-order valence-electron chi connectivity index (χ1n) is 13.9. The Morgan fingerprint density at radius 3 is 1.78 bits per heavy atom.